The van der Waals surface area contributed by atoms with Gasteiger partial charge in [-0.05, 0) is 25.1 Å². The van der Waals surface area contributed by atoms with Crippen LogP contribution in [0.15, 0.2) is 23.0 Å². The quantitative estimate of drug-likeness (QED) is 0.831. The second kappa shape index (κ2) is 4.23. The van der Waals surface area contributed by atoms with Crippen molar-refractivity contribution in [1.29, 1.82) is 0 Å². The molecule has 0 aliphatic rings. The number of halogens is 1. The van der Waals surface area contributed by atoms with E-state index < -0.39 is 0 Å². The minimum Gasteiger partial charge on any atom is -0.328 e. The van der Waals surface area contributed by atoms with Crippen LogP contribution in [0.5, 0.6) is 0 Å². The Labute approximate surface area is 97.5 Å². The molecule has 0 amide bonds. The molecule has 0 saturated carbocycles. The minimum atomic E-state index is -0.178. The van der Waals surface area contributed by atoms with Crippen molar-refractivity contribution >= 4 is 22.5 Å². The van der Waals surface area contributed by atoms with Gasteiger partial charge in [0.25, 0.3) is 5.56 Å². The van der Waals surface area contributed by atoms with E-state index >= 15 is 0 Å². The van der Waals surface area contributed by atoms with Crippen molar-refractivity contribution in [3.05, 3.63) is 39.4 Å². The molecule has 1 unspecified atom stereocenters. The Morgan fingerprint density at radius 2 is 2.31 bits per heavy atom. The molecule has 1 heterocycles. The Bertz CT molecular complexity index is 577. The van der Waals surface area contributed by atoms with Gasteiger partial charge >= 0.3 is 0 Å². The van der Waals surface area contributed by atoms with Crippen molar-refractivity contribution in [2.75, 3.05) is 0 Å². The van der Waals surface area contributed by atoms with Gasteiger partial charge in [-0.3, -0.25) is 4.79 Å². The number of fused-ring (bicyclic) bond motifs is 1. The predicted molar refractivity (Wildman–Crippen MR) is 64.7 cm³/mol. The number of benzene rings is 1. The van der Waals surface area contributed by atoms with E-state index in [-0.39, 0.29) is 11.6 Å². The van der Waals surface area contributed by atoms with E-state index in [1.54, 1.807) is 18.2 Å². The Morgan fingerprint density at radius 3 is 3.00 bits per heavy atom. The molecule has 1 atom stereocenters. The zero-order valence-electron chi connectivity index (χ0n) is 8.83. The molecule has 0 radical (unpaired) electrons. The molecule has 84 valence electrons. The molecule has 1 aromatic carbocycles. The van der Waals surface area contributed by atoms with Gasteiger partial charge in [0.2, 0.25) is 0 Å². The van der Waals surface area contributed by atoms with Gasteiger partial charge in [-0.25, -0.2) is 4.98 Å². The molecule has 0 spiro atoms. The number of hydrogen-bond acceptors (Lipinski definition) is 3. The molecule has 0 aliphatic heterocycles. The molecule has 3 N–H and O–H groups in total. The number of aromatic amines is 1. The summed E-state index contributed by atoms with van der Waals surface area (Å²) in [6, 6.07) is 5.02. The molecule has 0 aliphatic carbocycles. The maximum absolute atomic E-state index is 11.7. The number of hydrogen-bond donors (Lipinski definition) is 2. The van der Waals surface area contributed by atoms with Gasteiger partial charge in [-0.15, -0.1) is 0 Å². The highest BCUT2D eigenvalue weighted by Gasteiger charge is 2.05. The Hall–Kier alpha value is -1.39. The molecule has 16 heavy (non-hydrogen) atoms. The third-order valence-electron chi connectivity index (χ3n) is 2.23. The van der Waals surface area contributed by atoms with Crippen LogP contribution in [0.3, 0.4) is 0 Å². The number of H-pyrrole nitrogens is 1. The van der Waals surface area contributed by atoms with E-state index in [1.165, 1.54) is 0 Å². The third-order valence-corrected chi connectivity index (χ3v) is 2.47. The molecule has 0 fully saturated rings. The van der Waals surface area contributed by atoms with E-state index in [2.05, 4.69) is 9.97 Å². The monoisotopic (exact) mass is 237 g/mol. The number of nitrogens with two attached hydrogens (primary N) is 1. The van der Waals surface area contributed by atoms with Gasteiger partial charge < -0.3 is 10.7 Å². The average molecular weight is 238 g/mol. The fraction of sp³-hybridized carbons (Fsp3) is 0.273. The Balaban J connectivity index is 2.59. The highest BCUT2D eigenvalue weighted by Crippen LogP contribution is 2.14. The lowest BCUT2D eigenvalue weighted by Crippen LogP contribution is -2.22. The van der Waals surface area contributed by atoms with Crippen LogP contribution < -0.4 is 11.3 Å². The fourth-order valence-electron chi connectivity index (χ4n) is 1.56. The molecule has 2 aromatic rings. The topological polar surface area (TPSA) is 71.8 Å². The molecular formula is C11H12ClN3O. The molecule has 5 heteroatoms. The van der Waals surface area contributed by atoms with E-state index in [4.69, 9.17) is 17.3 Å². The van der Waals surface area contributed by atoms with E-state index in [0.717, 1.165) is 0 Å². The van der Waals surface area contributed by atoms with Crippen LogP contribution in [0.2, 0.25) is 5.02 Å². The number of nitrogens with zero attached hydrogens (tertiary/aromatic N) is 1. The molecular weight excluding hydrogens is 226 g/mol. The first-order chi connectivity index (χ1) is 7.56. The maximum Gasteiger partial charge on any atom is 0.258 e. The van der Waals surface area contributed by atoms with Crippen LogP contribution in [0.4, 0.5) is 0 Å². The summed E-state index contributed by atoms with van der Waals surface area (Å²) >= 11 is 5.81. The predicted octanol–water partition coefficient (Wildman–Crippen LogP) is 1.47. The van der Waals surface area contributed by atoms with Crippen LogP contribution in [-0.4, -0.2) is 16.0 Å². The summed E-state index contributed by atoms with van der Waals surface area (Å²) in [7, 11) is 0. The van der Waals surface area contributed by atoms with Crippen molar-refractivity contribution in [3.63, 3.8) is 0 Å². The SMILES string of the molecule is CC(N)Cc1nc2ccc(Cl)cc2c(=O)[nH]1. The lowest BCUT2D eigenvalue weighted by Gasteiger charge is -2.05. The summed E-state index contributed by atoms with van der Waals surface area (Å²) < 4.78 is 0. The maximum atomic E-state index is 11.7. The number of aromatic nitrogens is 2. The van der Waals surface area contributed by atoms with Gasteiger partial charge in [-0.1, -0.05) is 11.6 Å². The average Bonchev–Trinajstić information content (AvgIpc) is 2.18. The summed E-state index contributed by atoms with van der Waals surface area (Å²) in [5, 5.41) is 1.03. The molecule has 1 aromatic heterocycles. The van der Waals surface area contributed by atoms with Crippen molar-refractivity contribution in [3.8, 4) is 0 Å². The summed E-state index contributed by atoms with van der Waals surface area (Å²) in [5.41, 5.74) is 6.12. The first-order valence-electron chi connectivity index (χ1n) is 5.00. The van der Waals surface area contributed by atoms with Crippen LogP contribution in [0.25, 0.3) is 10.9 Å². The summed E-state index contributed by atoms with van der Waals surface area (Å²) in [4.78, 5) is 18.8. The van der Waals surface area contributed by atoms with Crippen LogP contribution in [0, 0.1) is 0 Å². The number of rotatable bonds is 2. The van der Waals surface area contributed by atoms with E-state index in [0.29, 0.717) is 28.2 Å². The first-order valence-corrected chi connectivity index (χ1v) is 5.38. The van der Waals surface area contributed by atoms with Gasteiger partial charge in [0.15, 0.2) is 0 Å². The molecule has 0 bridgehead atoms. The summed E-state index contributed by atoms with van der Waals surface area (Å²) in [6.07, 6.45) is 0.549. The van der Waals surface area contributed by atoms with E-state index in [1.807, 2.05) is 6.92 Å². The zero-order chi connectivity index (χ0) is 11.7. The smallest absolute Gasteiger partial charge is 0.258 e. The summed E-state index contributed by atoms with van der Waals surface area (Å²) in [6.45, 7) is 1.87. The highest BCUT2D eigenvalue weighted by atomic mass is 35.5. The van der Waals surface area contributed by atoms with E-state index in [9.17, 15) is 4.79 Å². The lowest BCUT2D eigenvalue weighted by atomic mass is 10.2. The van der Waals surface area contributed by atoms with Gasteiger partial charge in [0.1, 0.15) is 5.82 Å². The van der Waals surface area contributed by atoms with Gasteiger partial charge in [0.05, 0.1) is 10.9 Å². The lowest BCUT2D eigenvalue weighted by molar-refractivity contribution is 0.703. The normalized spacial score (nSPS) is 12.9. The largest absolute Gasteiger partial charge is 0.328 e. The molecule has 4 nitrogen and oxygen atoms in total. The third kappa shape index (κ3) is 2.23. The fourth-order valence-corrected chi connectivity index (χ4v) is 1.73. The van der Waals surface area contributed by atoms with Crippen LogP contribution >= 0.6 is 11.6 Å². The number of nitrogens with one attached hydrogen (secondary N) is 1. The second-order valence-corrected chi connectivity index (χ2v) is 4.29. The van der Waals surface area contributed by atoms with Gasteiger partial charge in [0, 0.05) is 17.5 Å². The minimum absolute atomic E-state index is 0.0344. The van der Waals surface area contributed by atoms with Crippen LogP contribution in [-0.2, 0) is 6.42 Å². The first kappa shape index (κ1) is 11.1. The molecule has 2 rings (SSSR count). The Morgan fingerprint density at radius 1 is 1.56 bits per heavy atom. The van der Waals surface area contributed by atoms with Crippen molar-refractivity contribution in [1.82, 2.24) is 9.97 Å². The standard InChI is InChI=1S/C11H12ClN3O/c1-6(13)4-10-14-9-3-2-7(12)5-8(9)11(16)15-10/h2-3,5-6H,4,13H2,1H3,(H,14,15,16). The Kier molecular flexibility index (Phi) is 2.94. The van der Waals surface area contributed by atoms with Crippen molar-refractivity contribution < 1.29 is 0 Å². The zero-order valence-corrected chi connectivity index (χ0v) is 9.58. The second-order valence-electron chi connectivity index (χ2n) is 3.86. The van der Waals surface area contributed by atoms with Crippen LogP contribution in [0.1, 0.15) is 12.7 Å². The van der Waals surface area contributed by atoms with Crippen molar-refractivity contribution in [2.24, 2.45) is 5.73 Å². The van der Waals surface area contributed by atoms with Crippen molar-refractivity contribution in [2.45, 2.75) is 19.4 Å². The summed E-state index contributed by atoms with van der Waals surface area (Å²) in [5.74, 6) is 0.606. The van der Waals surface area contributed by atoms with Gasteiger partial charge in [-0.2, -0.15) is 0 Å². The highest BCUT2D eigenvalue weighted by molar-refractivity contribution is 6.31. The molecule has 0 saturated heterocycles.